The van der Waals surface area contributed by atoms with Gasteiger partial charge in [-0.15, -0.1) is 4.79 Å². The molecule has 0 saturated carbocycles. The molecule has 10 nitrogen and oxygen atoms in total. The summed E-state index contributed by atoms with van der Waals surface area (Å²) in [6.07, 6.45) is 9.16. The number of nitrogens with two attached hydrogens (primary N) is 1. The van der Waals surface area contributed by atoms with Gasteiger partial charge in [0.05, 0.1) is 22.8 Å². The van der Waals surface area contributed by atoms with E-state index in [0.717, 1.165) is 56.9 Å². The molecule has 1 fully saturated rings. The van der Waals surface area contributed by atoms with Gasteiger partial charge in [0.15, 0.2) is 5.82 Å². The largest absolute Gasteiger partial charge is 0.396 e. The molecule has 3 atom stereocenters. The van der Waals surface area contributed by atoms with Crippen LogP contribution in [-0.4, -0.2) is 37.2 Å². The van der Waals surface area contributed by atoms with Crippen LogP contribution in [0.25, 0.3) is 28.0 Å². The highest BCUT2D eigenvalue weighted by atomic mass is 35.5. The molecule has 12 heteroatoms. The number of nitrogens with zero attached hydrogens (tertiary/aromatic N) is 6. The number of aryl methyl sites for hydroxylation is 1. The number of H-pyrrole nitrogens is 1. The average Bonchev–Trinajstić information content (AvgIpc) is 3.67. The molecule has 0 aliphatic carbocycles. The zero-order valence-corrected chi connectivity index (χ0v) is 24.7. The maximum Gasteiger partial charge on any atom is 0.396 e. The molecule has 2 aromatic heterocycles. The number of piperidine rings is 1. The van der Waals surface area contributed by atoms with Gasteiger partial charge in [-0.25, -0.2) is 9.18 Å². The number of hydrogen-bond donors (Lipinski definition) is 3. The molecule has 0 unspecified atom stereocenters. The van der Waals surface area contributed by atoms with E-state index in [1.54, 1.807) is 24.4 Å². The van der Waals surface area contributed by atoms with Gasteiger partial charge < -0.3 is 16.0 Å². The van der Waals surface area contributed by atoms with Crippen LogP contribution in [0.2, 0.25) is 5.02 Å². The zero-order chi connectivity index (χ0) is 29.9. The van der Waals surface area contributed by atoms with Gasteiger partial charge >= 0.3 is 11.5 Å². The minimum atomic E-state index is -0.512. The molecule has 2 aromatic carbocycles. The summed E-state index contributed by atoms with van der Waals surface area (Å²) in [6.45, 7) is 1.97. The van der Waals surface area contributed by atoms with Gasteiger partial charge in [0.1, 0.15) is 10.8 Å². The molecule has 2 aliphatic heterocycles. The van der Waals surface area contributed by atoms with Crippen molar-refractivity contribution in [1.29, 1.82) is 0 Å². The van der Waals surface area contributed by atoms with E-state index in [-0.39, 0.29) is 17.1 Å². The minimum Gasteiger partial charge on any atom is -0.339 e. The van der Waals surface area contributed by atoms with Crippen LogP contribution in [0.15, 0.2) is 69.0 Å². The van der Waals surface area contributed by atoms with Crippen LogP contribution in [0.1, 0.15) is 69.0 Å². The molecule has 2 aliphatic rings. The van der Waals surface area contributed by atoms with Crippen molar-refractivity contribution >= 4 is 28.5 Å². The Morgan fingerprint density at radius 2 is 2.02 bits per heavy atom. The predicted octanol–water partition coefficient (Wildman–Crippen LogP) is 6.25. The molecule has 0 bridgehead atoms. The highest BCUT2D eigenvalue weighted by Crippen LogP contribution is 2.32. The van der Waals surface area contributed by atoms with Gasteiger partial charge in [-0.2, -0.15) is 4.98 Å². The smallest absolute Gasteiger partial charge is 0.339 e. The lowest BCUT2D eigenvalue weighted by Gasteiger charge is -2.31. The van der Waals surface area contributed by atoms with Crippen LogP contribution < -0.4 is 16.7 Å². The third-order valence-corrected chi connectivity index (χ3v) is 8.42. The Balaban J connectivity index is 1.20. The van der Waals surface area contributed by atoms with Gasteiger partial charge in [-0.3, -0.25) is 4.57 Å². The molecule has 0 radical (unpaired) electrons. The van der Waals surface area contributed by atoms with Crippen LogP contribution >= 0.6 is 11.6 Å². The highest BCUT2D eigenvalue weighted by molar-refractivity contribution is 6.31. The van der Waals surface area contributed by atoms with Gasteiger partial charge in [-0.1, -0.05) is 30.2 Å². The van der Waals surface area contributed by atoms with E-state index in [1.165, 1.54) is 10.1 Å². The zero-order valence-electron chi connectivity index (χ0n) is 23.9. The topological polar surface area (TPSA) is 140 Å². The van der Waals surface area contributed by atoms with Crippen LogP contribution in [0, 0.1) is 5.82 Å². The standard InChI is InChI=1S/C31H33ClFN9O/c1-18(34)4-2-5-19-14-24(29(33)25(32)15-19)27-16-21-17-42(31(43)37-30(21)36-27)23-11-8-20(9-12-23)26-7-3-6-22(35-26)10-13-28-38-40-41-39-28/h8-9,11-12,14-18,22,26,35H,2-7,10,13,34H2,1H3/p+1/t18-,22-,26-/m0/s1. The van der Waals surface area contributed by atoms with E-state index in [4.69, 9.17) is 17.3 Å². The van der Waals surface area contributed by atoms with Crippen LogP contribution in [0.4, 0.5) is 4.39 Å². The predicted molar refractivity (Wildman–Crippen MR) is 164 cm³/mol. The molecular weight excluding hydrogens is 569 g/mol. The Bertz CT molecular complexity index is 1790. The summed E-state index contributed by atoms with van der Waals surface area (Å²) >= 11 is 6.26. The van der Waals surface area contributed by atoms with Crippen LogP contribution in [0.5, 0.6) is 0 Å². The number of nitrogens with one attached hydrogen (secondary N) is 2. The van der Waals surface area contributed by atoms with Gasteiger partial charge in [-0.05, 0) is 86.9 Å². The number of hydrogen-bond acceptors (Lipinski definition) is 7. The van der Waals surface area contributed by atoms with Gasteiger partial charge in [0.25, 0.3) is 0 Å². The molecule has 0 amide bonds. The van der Waals surface area contributed by atoms with Crippen molar-refractivity contribution in [2.24, 2.45) is 21.3 Å². The Hall–Kier alpha value is -4.02. The maximum atomic E-state index is 15.1. The SMILES string of the molecule is C[C@H](N)CCCc1cc(Cl)c(F)c(-c2cc3cn(-c4ccc([C@@H]5CCC[C@@H](CCC6=[N+]=NN=N6)N5)cc4)c(=O)nc3[nH]2)c1. The second-order valence-corrected chi connectivity index (χ2v) is 11.9. The number of halogens is 2. The van der Waals surface area contributed by atoms with E-state index in [0.29, 0.717) is 39.9 Å². The normalized spacial score (nSPS) is 18.8. The number of aromatic nitrogens is 3. The second kappa shape index (κ2) is 12.7. The highest BCUT2D eigenvalue weighted by Gasteiger charge is 2.25. The third kappa shape index (κ3) is 6.65. The molecule has 222 valence electrons. The average molecular weight is 603 g/mol. The first-order valence-electron chi connectivity index (χ1n) is 14.7. The first-order valence-corrected chi connectivity index (χ1v) is 15.1. The summed E-state index contributed by atoms with van der Waals surface area (Å²) in [6, 6.07) is 13.9. The summed E-state index contributed by atoms with van der Waals surface area (Å²) in [7, 11) is 0. The summed E-state index contributed by atoms with van der Waals surface area (Å²) in [5, 5.41) is 15.5. The van der Waals surface area contributed by atoms with Crippen LogP contribution in [0.3, 0.4) is 0 Å². The molecular formula is C31H34ClFN9O+. The Morgan fingerprint density at radius 3 is 2.79 bits per heavy atom. The van der Waals surface area contributed by atoms with E-state index < -0.39 is 11.5 Å². The van der Waals surface area contributed by atoms with E-state index in [2.05, 4.69) is 47.8 Å². The summed E-state index contributed by atoms with van der Waals surface area (Å²) in [5.41, 5.74) is 9.50. The van der Waals surface area contributed by atoms with Crippen molar-refractivity contribution in [3.63, 3.8) is 0 Å². The summed E-state index contributed by atoms with van der Waals surface area (Å²) in [4.78, 5) is 24.3. The van der Waals surface area contributed by atoms with Crippen molar-refractivity contribution in [3.05, 3.63) is 81.1 Å². The van der Waals surface area contributed by atoms with Gasteiger partial charge in [0.2, 0.25) is 10.4 Å². The van der Waals surface area contributed by atoms with E-state index in [9.17, 15) is 4.79 Å². The van der Waals surface area contributed by atoms with E-state index in [1.807, 2.05) is 19.1 Å². The molecule has 4 N–H and O–H groups in total. The molecule has 0 spiro atoms. The fourth-order valence-corrected chi connectivity index (χ4v) is 6.12. The fraction of sp³-hybridized carbons (Fsp3) is 0.387. The van der Waals surface area contributed by atoms with Crippen molar-refractivity contribution < 1.29 is 9.18 Å². The van der Waals surface area contributed by atoms with Crippen molar-refractivity contribution in [2.75, 3.05) is 0 Å². The number of fused-ring (bicyclic) bond motifs is 1. The fourth-order valence-electron chi connectivity index (χ4n) is 5.88. The second-order valence-electron chi connectivity index (χ2n) is 11.5. The van der Waals surface area contributed by atoms with Crippen molar-refractivity contribution in [2.45, 2.75) is 76.4 Å². The number of benzene rings is 2. The Morgan fingerprint density at radius 1 is 1.19 bits per heavy atom. The lowest BCUT2D eigenvalue weighted by atomic mass is 9.91. The summed E-state index contributed by atoms with van der Waals surface area (Å²) in [5.74, 6) is 0.163. The lowest BCUT2D eigenvalue weighted by Crippen LogP contribution is -2.37. The summed E-state index contributed by atoms with van der Waals surface area (Å²) < 4.78 is 16.6. The Labute approximate surface area is 253 Å². The first kappa shape index (κ1) is 29.1. The molecule has 6 rings (SSSR count). The lowest BCUT2D eigenvalue weighted by molar-refractivity contribution is -0.0856. The van der Waals surface area contributed by atoms with Gasteiger partial charge in [0, 0.05) is 35.3 Å². The molecule has 4 aromatic rings. The monoisotopic (exact) mass is 602 g/mol. The molecule has 1 saturated heterocycles. The van der Waals surface area contributed by atoms with Crippen LogP contribution in [-0.2, 0) is 6.42 Å². The van der Waals surface area contributed by atoms with E-state index >= 15 is 4.39 Å². The molecule has 43 heavy (non-hydrogen) atoms. The third-order valence-electron chi connectivity index (χ3n) is 8.14. The number of rotatable bonds is 10. The van der Waals surface area contributed by atoms with Crippen molar-refractivity contribution in [1.82, 2.24) is 19.9 Å². The number of aromatic amines is 1. The first-order chi connectivity index (χ1) is 20.8. The Kier molecular flexibility index (Phi) is 8.58. The maximum absolute atomic E-state index is 15.1. The number of amidine groups is 1. The van der Waals surface area contributed by atoms with Crippen molar-refractivity contribution in [3.8, 4) is 16.9 Å². The quantitative estimate of drug-likeness (QED) is 0.185. The molecule has 4 heterocycles. The minimum absolute atomic E-state index is 0.0592.